The Labute approximate surface area is 280 Å². The molecule has 0 radical (unpaired) electrons. The van der Waals surface area contributed by atoms with E-state index in [1.165, 1.54) is 12.8 Å². The minimum Gasteiger partial charge on any atom is -0.473 e. The first kappa shape index (κ1) is 46.7. The van der Waals surface area contributed by atoms with Crippen molar-refractivity contribution >= 4 is 59.7 Å². The van der Waals surface area contributed by atoms with Crippen LogP contribution >= 0.6 is 0 Å². The van der Waals surface area contributed by atoms with Gasteiger partial charge in [-0.3, -0.25) is 29.0 Å². The average Bonchev–Trinajstić information content (AvgIpc) is 3.46. The van der Waals surface area contributed by atoms with E-state index in [-0.39, 0.29) is 109 Å². The van der Waals surface area contributed by atoms with Gasteiger partial charge in [-0.15, -0.1) is 0 Å². The molecule has 23 heteroatoms. The second kappa shape index (κ2) is 25.5. The number of carbonyl (C=O) groups is 10. The summed E-state index contributed by atoms with van der Waals surface area (Å²) in [4.78, 5) is 103. The average molecular weight is 862 g/mol. The number of nitrogens with one attached hydrogen (secondary N) is 2. The normalized spacial score (nSPS) is 17.7. The van der Waals surface area contributed by atoms with Crippen LogP contribution in [0.2, 0.25) is 0 Å². The summed E-state index contributed by atoms with van der Waals surface area (Å²) in [5.74, 6) is -8.20. The Kier molecular flexibility index (Phi) is 25.3. The van der Waals surface area contributed by atoms with Gasteiger partial charge in [0.05, 0.1) is 0 Å². The Morgan fingerprint density at radius 2 is 0.787 bits per heavy atom. The van der Waals surface area contributed by atoms with Gasteiger partial charge in [-0.25, -0.2) is 28.8 Å². The summed E-state index contributed by atoms with van der Waals surface area (Å²) in [5, 5.41) is 50.2. The van der Waals surface area contributed by atoms with Crippen molar-refractivity contribution in [1.29, 1.82) is 0 Å². The fraction of sp³-hybridized carbons (Fsp3) is 0.583. The van der Waals surface area contributed by atoms with E-state index in [4.69, 9.17) is 61.3 Å². The van der Waals surface area contributed by atoms with Gasteiger partial charge in [-0.2, -0.15) is 0 Å². The number of carboxylic acid groups (broad SMARTS) is 6. The van der Waals surface area contributed by atoms with Crippen LogP contribution in [0.1, 0.15) is 51.4 Å². The molecule has 3 fully saturated rings. The smallest absolute Gasteiger partial charge is 0.473 e. The summed E-state index contributed by atoms with van der Waals surface area (Å²) in [6, 6.07) is 0.562. The maximum absolute atomic E-state index is 11.0. The maximum Gasteiger partial charge on any atom is 4.00 e. The van der Waals surface area contributed by atoms with Crippen LogP contribution in [0.15, 0.2) is 0 Å². The minimum absolute atomic E-state index is 0. The summed E-state index contributed by atoms with van der Waals surface area (Å²) in [7, 11) is 0. The van der Waals surface area contributed by atoms with Crippen molar-refractivity contribution in [3.63, 3.8) is 0 Å². The summed E-state index contributed by atoms with van der Waals surface area (Å²) in [6.45, 7) is 0.438. The molecule has 0 aromatic rings. The van der Waals surface area contributed by atoms with Crippen molar-refractivity contribution in [1.82, 2.24) is 20.4 Å². The maximum atomic E-state index is 11.0. The molecule has 1 aliphatic carbocycles. The minimum atomic E-state index is -1.82. The molecule has 2 saturated heterocycles. The number of rotatable bonds is 6. The van der Waals surface area contributed by atoms with E-state index in [0.29, 0.717) is 0 Å². The number of likely N-dealkylation sites (tertiary alicyclic amines) is 2. The molecule has 0 bridgehead atoms. The summed E-state index contributed by atoms with van der Waals surface area (Å²) in [6.07, 6.45) is 3.46. The zero-order chi connectivity index (χ0) is 36.0. The van der Waals surface area contributed by atoms with Gasteiger partial charge >= 0.3 is 57.1 Å². The Hall–Kier alpha value is -4.69. The van der Waals surface area contributed by atoms with Crippen molar-refractivity contribution in [3.8, 4) is 0 Å². The zero-order valence-electron chi connectivity index (χ0n) is 24.8. The molecule has 47 heavy (non-hydrogen) atoms. The van der Waals surface area contributed by atoms with Crippen LogP contribution in [0, 0.1) is 0 Å². The fourth-order valence-electron chi connectivity index (χ4n) is 3.48. The zero-order valence-corrected chi connectivity index (χ0v) is 27.0. The number of amides is 6. The van der Waals surface area contributed by atoms with Gasteiger partial charge in [-0.1, -0.05) is 12.8 Å². The first-order valence-corrected chi connectivity index (χ1v) is 13.3. The van der Waals surface area contributed by atoms with E-state index >= 15 is 0 Å². The SMILES string of the molecule is N[C@@H]1CCCC[C@H]1N.O=C(O)C(=O)O.O=C(O)C(=O)O.O=C(O)NCCN1C(=O)CCC1=O.O=C(O)NCCN1C(=O)CCC1=O.[Pt+4]. The molecule has 12 N–H and O–H groups in total. The molecule has 2 heterocycles. The molecule has 0 unspecified atom stereocenters. The third-order valence-electron chi connectivity index (χ3n) is 5.77. The molecular weight excluding hydrogens is 823 g/mol. The quantitative estimate of drug-likeness (QED) is 0.0961. The number of carbonyl (C=O) groups excluding carboxylic acids is 4. The summed E-state index contributed by atoms with van der Waals surface area (Å²) in [5.41, 5.74) is 11.3. The number of hydrogen-bond donors (Lipinski definition) is 10. The van der Waals surface area contributed by atoms with Crippen LogP contribution in [-0.4, -0.2) is 138 Å². The van der Waals surface area contributed by atoms with E-state index in [9.17, 15) is 28.8 Å². The molecule has 2 aliphatic heterocycles. The largest absolute Gasteiger partial charge is 4.00 e. The Morgan fingerprint density at radius 3 is 0.957 bits per heavy atom. The third kappa shape index (κ3) is 23.3. The van der Waals surface area contributed by atoms with Crippen molar-refractivity contribution in [3.05, 3.63) is 0 Å². The first-order valence-electron chi connectivity index (χ1n) is 13.3. The first-order chi connectivity index (χ1) is 21.3. The van der Waals surface area contributed by atoms with Crippen molar-refractivity contribution < 1.29 is 99.6 Å². The number of imide groups is 2. The van der Waals surface area contributed by atoms with E-state index in [1.54, 1.807) is 0 Å². The monoisotopic (exact) mass is 861 g/mol. The number of nitrogens with zero attached hydrogens (tertiary/aromatic N) is 2. The molecule has 0 aromatic carbocycles. The number of hydrogen-bond acceptors (Lipinski definition) is 12. The molecule has 2 atom stereocenters. The van der Waals surface area contributed by atoms with E-state index in [2.05, 4.69) is 10.6 Å². The Balaban J connectivity index is -0.000000534. The van der Waals surface area contributed by atoms with Crippen molar-refractivity contribution in [2.45, 2.75) is 63.5 Å². The van der Waals surface area contributed by atoms with Gasteiger partial charge in [0.15, 0.2) is 0 Å². The van der Waals surface area contributed by atoms with E-state index < -0.39 is 36.1 Å². The molecule has 0 aromatic heterocycles. The summed E-state index contributed by atoms with van der Waals surface area (Å²) >= 11 is 0. The fourth-order valence-corrected chi connectivity index (χ4v) is 3.48. The second-order valence-corrected chi connectivity index (χ2v) is 9.17. The van der Waals surface area contributed by atoms with Gasteiger partial charge in [0, 0.05) is 63.9 Å². The second-order valence-electron chi connectivity index (χ2n) is 9.17. The van der Waals surface area contributed by atoms with E-state index in [1.807, 2.05) is 0 Å². The Bertz CT molecular complexity index is 995. The number of aliphatic carboxylic acids is 4. The molecule has 266 valence electrons. The Morgan fingerprint density at radius 1 is 0.553 bits per heavy atom. The molecule has 1 saturated carbocycles. The predicted octanol–water partition coefficient (Wildman–Crippen LogP) is -2.67. The molecule has 22 nitrogen and oxygen atoms in total. The van der Waals surface area contributed by atoms with Crippen LogP contribution in [0.25, 0.3) is 0 Å². The molecule has 3 aliphatic rings. The number of carboxylic acids is 4. The van der Waals surface area contributed by atoms with Crippen LogP contribution in [0.4, 0.5) is 9.59 Å². The van der Waals surface area contributed by atoms with Gasteiger partial charge in [-0.05, 0) is 12.8 Å². The van der Waals surface area contributed by atoms with Gasteiger partial charge < -0.3 is 52.7 Å². The molecular formula is C24H38N6O16Pt+4. The van der Waals surface area contributed by atoms with Gasteiger partial charge in [0.25, 0.3) is 0 Å². The van der Waals surface area contributed by atoms with Crippen LogP contribution in [-0.2, 0) is 59.4 Å². The van der Waals surface area contributed by atoms with Crippen LogP contribution in [0.5, 0.6) is 0 Å². The number of nitrogens with two attached hydrogens (primary N) is 2. The molecule has 3 rings (SSSR count). The van der Waals surface area contributed by atoms with Crippen molar-refractivity contribution in [2.75, 3.05) is 26.2 Å². The van der Waals surface area contributed by atoms with Crippen molar-refractivity contribution in [2.24, 2.45) is 11.5 Å². The van der Waals surface area contributed by atoms with Gasteiger partial charge in [0.1, 0.15) is 0 Å². The molecule has 0 spiro atoms. The standard InChI is InChI=1S/2C7H10N2O4.C6H14N2.2C2H2O4.Pt/c2*10-5-1-2-6(11)9(5)4-3-8-7(12)13;7-5-3-1-2-4-6(5)8;2*3-1(4)2(5)6;/h2*8H,1-4H2,(H,12,13);5-6H,1-4,7-8H2;2*(H,3,4)(H,5,6);/q;;;;;+4/t;;5-,6-;;;/m..1.../s1. The van der Waals surface area contributed by atoms with Crippen LogP contribution in [0.3, 0.4) is 0 Å². The molecule has 6 amide bonds. The summed E-state index contributed by atoms with van der Waals surface area (Å²) < 4.78 is 0. The van der Waals surface area contributed by atoms with E-state index in [0.717, 1.165) is 22.6 Å². The van der Waals surface area contributed by atoms with Crippen LogP contribution < -0.4 is 22.1 Å². The third-order valence-corrected chi connectivity index (χ3v) is 5.77. The topological polar surface area (TPSA) is 375 Å². The van der Waals surface area contributed by atoms with Gasteiger partial charge in [0.2, 0.25) is 23.6 Å². The predicted molar refractivity (Wildman–Crippen MR) is 149 cm³/mol.